The van der Waals surface area contributed by atoms with Gasteiger partial charge in [-0.2, -0.15) is 4.98 Å². The zero-order valence-electron chi connectivity index (χ0n) is 16.5. The maximum absolute atomic E-state index is 12.4. The second-order valence-electron chi connectivity index (χ2n) is 5.83. The number of aromatic nitrogens is 2. The van der Waals surface area contributed by atoms with E-state index < -0.39 is 0 Å². The largest absolute Gasteiger partial charge is 0.493 e. The standard InChI is InChI=1S/C20H21N3O6/c1-25-14-7-5-12(9-16(14)27-3)19-22-18(29-23-19)11-21-20(24)13-6-8-15(26-2)17(10-13)28-4/h5-10H,11H2,1-4H3,(H,21,24). The number of rotatable bonds is 8. The summed E-state index contributed by atoms with van der Waals surface area (Å²) in [5, 5.41) is 6.68. The predicted molar refractivity (Wildman–Crippen MR) is 104 cm³/mol. The molecule has 0 atom stereocenters. The predicted octanol–water partition coefficient (Wildman–Crippen LogP) is 2.70. The molecule has 0 aliphatic rings. The van der Waals surface area contributed by atoms with Crippen molar-refractivity contribution in [3.63, 3.8) is 0 Å². The van der Waals surface area contributed by atoms with Gasteiger partial charge in [0.25, 0.3) is 5.91 Å². The summed E-state index contributed by atoms with van der Waals surface area (Å²) < 4.78 is 26.1. The van der Waals surface area contributed by atoms with E-state index >= 15 is 0 Å². The fourth-order valence-corrected chi connectivity index (χ4v) is 2.65. The van der Waals surface area contributed by atoms with Gasteiger partial charge in [-0.1, -0.05) is 5.16 Å². The van der Waals surface area contributed by atoms with E-state index in [0.29, 0.717) is 39.9 Å². The quantitative estimate of drug-likeness (QED) is 0.616. The first kappa shape index (κ1) is 20.0. The lowest BCUT2D eigenvalue weighted by molar-refractivity contribution is 0.0946. The Morgan fingerprint density at radius 2 is 1.52 bits per heavy atom. The van der Waals surface area contributed by atoms with E-state index in [1.54, 1.807) is 50.6 Å². The number of benzene rings is 2. The van der Waals surface area contributed by atoms with Crippen molar-refractivity contribution in [1.29, 1.82) is 0 Å². The highest BCUT2D eigenvalue weighted by atomic mass is 16.5. The molecule has 0 fully saturated rings. The van der Waals surface area contributed by atoms with Gasteiger partial charge in [-0.15, -0.1) is 0 Å². The van der Waals surface area contributed by atoms with Gasteiger partial charge in [0.15, 0.2) is 23.0 Å². The van der Waals surface area contributed by atoms with Gasteiger partial charge in [0.1, 0.15) is 0 Å². The topological polar surface area (TPSA) is 105 Å². The second-order valence-corrected chi connectivity index (χ2v) is 5.83. The van der Waals surface area contributed by atoms with Crippen LogP contribution in [-0.4, -0.2) is 44.5 Å². The molecule has 1 amide bonds. The maximum atomic E-state index is 12.4. The smallest absolute Gasteiger partial charge is 0.251 e. The summed E-state index contributed by atoms with van der Waals surface area (Å²) in [6, 6.07) is 10.2. The monoisotopic (exact) mass is 399 g/mol. The van der Waals surface area contributed by atoms with Gasteiger partial charge in [0.05, 0.1) is 35.0 Å². The number of nitrogens with one attached hydrogen (secondary N) is 1. The second kappa shape index (κ2) is 8.96. The van der Waals surface area contributed by atoms with E-state index in [1.807, 2.05) is 0 Å². The van der Waals surface area contributed by atoms with Crippen LogP contribution in [0.2, 0.25) is 0 Å². The molecule has 9 nitrogen and oxygen atoms in total. The van der Waals surface area contributed by atoms with Crippen LogP contribution in [0.4, 0.5) is 0 Å². The number of hydrogen-bond acceptors (Lipinski definition) is 8. The van der Waals surface area contributed by atoms with Gasteiger partial charge < -0.3 is 28.8 Å². The van der Waals surface area contributed by atoms with Crippen LogP contribution in [0.25, 0.3) is 11.4 Å². The Kier molecular flexibility index (Phi) is 6.18. The van der Waals surface area contributed by atoms with Crippen LogP contribution in [0.1, 0.15) is 16.2 Å². The van der Waals surface area contributed by atoms with Crippen LogP contribution in [0, 0.1) is 0 Å². The zero-order chi connectivity index (χ0) is 20.8. The highest BCUT2D eigenvalue weighted by molar-refractivity contribution is 5.94. The van der Waals surface area contributed by atoms with Crippen molar-refractivity contribution >= 4 is 5.91 Å². The molecule has 0 radical (unpaired) electrons. The molecular formula is C20H21N3O6. The van der Waals surface area contributed by atoms with Gasteiger partial charge >= 0.3 is 0 Å². The number of amides is 1. The molecule has 0 aliphatic heterocycles. The van der Waals surface area contributed by atoms with Crippen molar-refractivity contribution in [2.45, 2.75) is 6.54 Å². The van der Waals surface area contributed by atoms with Crippen molar-refractivity contribution in [2.24, 2.45) is 0 Å². The van der Waals surface area contributed by atoms with E-state index in [4.69, 9.17) is 23.5 Å². The molecule has 1 heterocycles. The van der Waals surface area contributed by atoms with Gasteiger partial charge in [0.2, 0.25) is 11.7 Å². The normalized spacial score (nSPS) is 10.3. The van der Waals surface area contributed by atoms with Crippen LogP contribution < -0.4 is 24.3 Å². The molecule has 2 aromatic carbocycles. The Balaban J connectivity index is 1.68. The van der Waals surface area contributed by atoms with Crippen LogP contribution in [0.15, 0.2) is 40.9 Å². The molecule has 0 saturated carbocycles. The third-order valence-electron chi connectivity index (χ3n) is 4.16. The molecule has 0 spiro atoms. The molecule has 0 unspecified atom stereocenters. The van der Waals surface area contributed by atoms with Crippen molar-refractivity contribution in [3.05, 3.63) is 47.9 Å². The average Bonchev–Trinajstić information content (AvgIpc) is 3.25. The molecule has 3 aromatic rings. The number of methoxy groups -OCH3 is 4. The molecule has 0 bridgehead atoms. The third kappa shape index (κ3) is 4.40. The minimum atomic E-state index is -0.309. The Hall–Kier alpha value is -3.75. The van der Waals surface area contributed by atoms with Crippen molar-refractivity contribution in [2.75, 3.05) is 28.4 Å². The van der Waals surface area contributed by atoms with Crippen molar-refractivity contribution in [3.8, 4) is 34.4 Å². The summed E-state index contributed by atoms with van der Waals surface area (Å²) in [4.78, 5) is 16.7. The highest BCUT2D eigenvalue weighted by Crippen LogP contribution is 2.31. The van der Waals surface area contributed by atoms with Crippen molar-refractivity contribution in [1.82, 2.24) is 15.5 Å². The van der Waals surface area contributed by atoms with E-state index in [0.717, 1.165) is 0 Å². The highest BCUT2D eigenvalue weighted by Gasteiger charge is 2.14. The van der Waals surface area contributed by atoms with Gasteiger partial charge in [-0.05, 0) is 36.4 Å². The minimum absolute atomic E-state index is 0.0769. The lowest BCUT2D eigenvalue weighted by atomic mass is 10.2. The lowest BCUT2D eigenvalue weighted by Crippen LogP contribution is -2.23. The molecule has 1 N–H and O–H groups in total. The maximum Gasteiger partial charge on any atom is 0.251 e. The Labute approximate surface area is 167 Å². The summed E-state index contributed by atoms with van der Waals surface area (Å²) in [7, 11) is 6.15. The van der Waals surface area contributed by atoms with E-state index in [9.17, 15) is 4.79 Å². The van der Waals surface area contributed by atoms with Crippen LogP contribution in [-0.2, 0) is 6.54 Å². The number of ether oxygens (including phenoxy) is 4. The summed E-state index contributed by atoms with van der Waals surface area (Å²) in [6.45, 7) is 0.0769. The first-order valence-corrected chi connectivity index (χ1v) is 8.64. The number of hydrogen-bond donors (Lipinski definition) is 1. The van der Waals surface area contributed by atoms with Crippen LogP contribution in [0.5, 0.6) is 23.0 Å². The van der Waals surface area contributed by atoms with Gasteiger partial charge in [-0.25, -0.2) is 0 Å². The van der Waals surface area contributed by atoms with Gasteiger partial charge in [-0.3, -0.25) is 4.79 Å². The molecule has 0 saturated heterocycles. The van der Waals surface area contributed by atoms with Gasteiger partial charge in [0, 0.05) is 11.1 Å². The number of nitrogens with zero attached hydrogens (tertiary/aromatic N) is 2. The first-order valence-electron chi connectivity index (χ1n) is 8.64. The molecule has 0 aliphatic carbocycles. The fourth-order valence-electron chi connectivity index (χ4n) is 2.65. The summed E-state index contributed by atoms with van der Waals surface area (Å²) in [6.07, 6.45) is 0. The zero-order valence-corrected chi connectivity index (χ0v) is 16.5. The minimum Gasteiger partial charge on any atom is -0.493 e. The molecular weight excluding hydrogens is 378 g/mol. The molecule has 29 heavy (non-hydrogen) atoms. The van der Waals surface area contributed by atoms with Crippen LogP contribution >= 0.6 is 0 Å². The Bertz CT molecular complexity index is 1000. The molecule has 152 valence electrons. The Morgan fingerprint density at radius 1 is 0.897 bits per heavy atom. The molecule has 9 heteroatoms. The third-order valence-corrected chi connectivity index (χ3v) is 4.16. The summed E-state index contributed by atoms with van der Waals surface area (Å²) >= 11 is 0. The first-order chi connectivity index (χ1) is 14.1. The van der Waals surface area contributed by atoms with E-state index in [-0.39, 0.29) is 18.3 Å². The molecule has 3 rings (SSSR count). The van der Waals surface area contributed by atoms with E-state index in [2.05, 4.69) is 15.5 Å². The van der Waals surface area contributed by atoms with E-state index in [1.165, 1.54) is 14.2 Å². The summed E-state index contributed by atoms with van der Waals surface area (Å²) in [5.41, 5.74) is 1.12. The fraction of sp³-hybridized carbons (Fsp3) is 0.250. The molecule has 1 aromatic heterocycles. The Morgan fingerprint density at radius 3 is 2.17 bits per heavy atom. The lowest BCUT2D eigenvalue weighted by Gasteiger charge is -2.09. The van der Waals surface area contributed by atoms with Crippen molar-refractivity contribution < 1.29 is 28.3 Å². The van der Waals surface area contributed by atoms with Crippen LogP contribution in [0.3, 0.4) is 0 Å². The number of carbonyl (C=O) groups is 1. The summed E-state index contributed by atoms with van der Waals surface area (Å²) in [5.74, 6) is 2.50. The number of carbonyl (C=O) groups excluding carboxylic acids is 1. The average molecular weight is 399 g/mol. The SMILES string of the molecule is COc1ccc(C(=O)NCc2nc(-c3ccc(OC)c(OC)c3)no2)cc1OC.